The molecule has 0 bridgehead atoms. The maximum Gasteiger partial charge on any atom is 0.412 e. The molecule has 0 atom stereocenters. The first-order valence-corrected chi connectivity index (χ1v) is 9.09. The lowest BCUT2D eigenvalue weighted by Gasteiger charge is -2.09. The molecule has 3 N–H and O–H groups in total. The number of nitrogens with zero attached hydrogens (tertiary/aromatic N) is 1. The summed E-state index contributed by atoms with van der Waals surface area (Å²) in [6.07, 6.45) is 8.05. The van der Waals surface area contributed by atoms with Crippen LogP contribution < -0.4 is 15.5 Å². The van der Waals surface area contributed by atoms with Gasteiger partial charge in [0, 0.05) is 24.5 Å². The highest BCUT2D eigenvalue weighted by Gasteiger charge is 2.09. The van der Waals surface area contributed by atoms with Gasteiger partial charge in [0.15, 0.2) is 0 Å². The van der Waals surface area contributed by atoms with E-state index in [2.05, 4.69) is 17.2 Å². The van der Waals surface area contributed by atoms with Crippen LogP contribution in [-0.4, -0.2) is 28.7 Å². The molecule has 0 radical (unpaired) electrons. The molecule has 0 aliphatic heterocycles. The minimum atomic E-state index is -0.643. The molecule has 2 aromatic rings. The number of amides is 2. The van der Waals surface area contributed by atoms with Gasteiger partial charge in [0.1, 0.15) is 5.75 Å². The molecule has 1 heterocycles. The lowest BCUT2D eigenvalue weighted by atomic mass is 10.1. The van der Waals surface area contributed by atoms with E-state index in [4.69, 9.17) is 9.94 Å². The normalized spacial score (nSPS) is 10.3. The van der Waals surface area contributed by atoms with Crippen LogP contribution in [-0.2, 0) is 0 Å². The van der Waals surface area contributed by atoms with Crippen LogP contribution in [0.2, 0.25) is 0 Å². The summed E-state index contributed by atoms with van der Waals surface area (Å²) in [5.74, 6) is -0.247. The number of aromatic nitrogens is 1. The van der Waals surface area contributed by atoms with Gasteiger partial charge in [-0.1, -0.05) is 44.7 Å². The first-order valence-electron chi connectivity index (χ1n) is 9.09. The molecule has 0 aliphatic rings. The van der Waals surface area contributed by atoms with E-state index in [1.54, 1.807) is 35.9 Å². The Morgan fingerprint density at radius 3 is 2.67 bits per heavy atom. The number of ether oxygens (including phenoxy) is 1. The van der Waals surface area contributed by atoms with Gasteiger partial charge in [-0.25, -0.2) is 10.3 Å². The van der Waals surface area contributed by atoms with E-state index >= 15 is 0 Å². The Morgan fingerprint density at radius 2 is 1.89 bits per heavy atom. The Kier molecular flexibility index (Phi) is 8.25. The van der Waals surface area contributed by atoms with Crippen molar-refractivity contribution in [3.05, 3.63) is 48.3 Å². The molecule has 27 heavy (non-hydrogen) atoms. The van der Waals surface area contributed by atoms with Gasteiger partial charge in [-0.3, -0.25) is 15.0 Å². The van der Waals surface area contributed by atoms with Crippen LogP contribution in [0.5, 0.6) is 5.75 Å². The summed E-state index contributed by atoms with van der Waals surface area (Å²) in [4.78, 5) is 27.4. The topological polar surface area (TPSA) is 101 Å². The van der Waals surface area contributed by atoms with Gasteiger partial charge < -0.3 is 10.1 Å². The van der Waals surface area contributed by atoms with Gasteiger partial charge in [0.25, 0.3) is 5.91 Å². The number of nitrogens with one attached hydrogen (secondary N) is 2. The molecule has 0 saturated heterocycles. The molecule has 0 aliphatic carbocycles. The van der Waals surface area contributed by atoms with E-state index in [-0.39, 0.29) is 5.56 Å². The summed E-state index contributed by atoms with van der Waals surface area (Å²) in [5, 5.41) is 11.5. The smallest absolute Gasteiger partial charge is 0.410 e. The highest BCUT2D eigenvalue weighted by atomic mass is 16.6. The maximum atomic E-state index is 11.9. The maximum absolute atomic E-state index is 11.9. The van der Waals surface area contributed by atoms with Crippen LogP contribution in [0, 0.1) is 0 Å². The number of carbonyl (C=O) groups excluding carboxylic acids is 2. The fourth-order valence-corrected chi connectivity index (χ4v) is 2.59. The van der Waals surface area contributed by atoms with Gasteiger partial charge >= 0.3 is 6.09 Å². The van der Waals surface area contributed by atoms with Crippen molar-refractivity contribution in [1.29, 1.82) is 0 Å². The van der Waals surface area contributed by atoms with Gasteiger partial charge in [0.2, 0.25) is 0 Å². The molecule has 2 rings (SSSR count). The summed E-state index contributed by atoms with van der Waals surface area (Å²) in [5.41, 5.74) is 3.20. The molecule has 0 fully saturated rings. The quantitative estimate of drug-likeness (QED) is 0.352. The van der Waals surface area contributed by atoms with E-state index in [0.29, 0.717) is 17.9 Å². The van der Waals surface area contributed by atoms with Gasteiger partial charge in [-0.2, -0.15) is 0 Å². The van der Waals surface area contributed by atoms with Gasteiger partial charge in [-0.05, 0) is 30.2 Å². The molecule has 7 heteroatoms. The number of hydroxylamine groups is 1. The Hall–Kier alpha value is -2.93. The number of benzene rings is 1. The number of rotatable bonds is 9. The van der Waals surface area contributed by atoms with Gasteiger partial charge in [0.05, 0.1) is 5.56 Å². The number of carbonyl (C=O) groups is 2. The zero-order valence-electron chi connectivity index (χ0n) is 15.4. The van der Waals surface area contributed by atoms with Crippen LogP contribution in [0.4, 0.5) is 4.79 Å². The minimum Gasteiger partial charge on any atom is -0.410 e. The third-order valence-electron chi connectivity index (χ3n) is 4.03. The molecule has 0 spiro atoms. The van der Waals surface area contributed by atoms with Crippen LogP contribution in [0.15, 0.2) is 42.7 Å². The molecule has 1 aromatic carbocycles. The molecule has 144 valence electrons. The van der Waals surface area contributed by atoms with Crippen molar-refractivity contribution in [2.24, 2.45) is 0 Å². The third kappa shape index (κ3) is 6.71. The van der Waals surface area contributed by atoms with E-state index in [1.807, 2.05) is 6.07 Å². The fraction of sp³-hybridized carbons (Fsp3) is 0.350. The van der Waals surface area contributed by atoms with Crippen LogP contribution in [0.3, 0.4) is 0 Å². The summed E-state index contributed by atoms with van der Waals surface area (Å²) in [6.45, 7) is 2.75. The van der Waals surface area contributed by atoms with Crippen LogP contribution >= 0.6 is 0 Å². The molecule has 2 amide bonds. The van der Waals surface area contributed by atoms with E-state index in [9.17, 15) is 9.59 Å². The van der Waals surface area contributed by atoms with E-state index in [1.165, 1.54) is 25.5 Å². The summed E-state index contributed by atoms with van der Waals surface area (Å²) in [6, 6.07) is 8.53. The van der Waals surface area contributed by atoms with Crippen molar-refractivity contribution in [3.63, 3.8) is 0 Å². The van der Waals surface area contributed by atoms with Crippen molar-refractivity contribution < 1.29 is 19.5 Å². The summed E-state index contributed by atoms with van der Waals surface area (Å²) in [7, 11) is 0. The molecule has 1 aromatic heterocycles. The van der Waals surface area contributed by atoms with Crippen LogP contribution in [0.25, 0.3) is 11.1 Å². The standard InChI is InChI=1S/C20H25N3O4/c1-2-3-4-5-6-10-22-20(25)27-18-9-7-8-15(12-18)16-11-17(14-21-13-16)19(24)23-26/h7-9,11-14,26H,2-6,10H2,1H3,(H,22,25)(H,23,24). The second-order valence-corrected chi connectivity index (χ2v) is 6.16. The molecule has 0 unspecified atom stereocenters. The number of hydrogen-bond acceptors (Lipinski definition) is 5. The summed E-state index contributed by atoms with van der Waals surface area (Å²) < 4.78 is 5.31. The first-order chi connectivity index (χ1) is 13.1. The van der Waals surface area contributed by atoms with Crippen molar-refractivity contribution in [3.8, 4) is 16.9 Å². The Bertz CT molecular complexity index is 764. The Labute approximate surface area is 158 Å². The Morgan fingerprint density at radius 1 is 1.07 bits per heavy atom. The van der Waals surface area contributed by atoms with Crippen molar-refractivity contribution in [1.82, 2.24) is 15.8 Å². The molecular formula is C20H25N3O4. The zero-order valence-corrected chi connectivity index (χ0v) is 15.4. The third-order valence-corrected chi connectivity index (χ3v) is 4.03. The number of hydrogen-bond donors (Lipinski definition) is 3. The predicted molar refractivity (Wildman–Crippen MR) is 102 cm³/mol. The monoisotopic (exact) mass is 371 g/mol. The zero-order chi connectivity index (χ0) is 19.5. The first kappa shape index (κ1) is 20.4. The number of pyridine rings is 1. The van der Waals surface area contributed by atoms with Crippen molar-refractivity contribution in [2.75, 3.05) is 6.54 Å². The van der Waals surface area contributed by atoms with Gasteiger partial charge in [-0.15, -0.1) is 0 Å². The fourth-order valence-electron chi connectivity index (χ4n) is 2.59. The lowest BCUT2D eigenvalue weighted by molar-refractivity contribution is 0.0706. The average Bonchev–Trinajstić information content (AvgIpc) is 2.70. The number of unbranched alkanes of at least 4 members (excludes halogenated alkanes) is 4. The SMILES string of the molecule is CCCCCCCNC(=O)Oc1cccc(-c2cncc(C(=O)NO)c2)c1. The van der Waals surface area contributed by atoms with Crippen molar-refractivity contribution in [2.45, 2.75) is 39.0 Å². The van der Waals surface area contributed by atoms with Crippen molar-refractivity contribution >= 4 is 12.0 Å². The highest BCUT2D eigenvalue weighted by molar-refractivity contribution is 5.94. The molecule has 0 saturated carbocycles. The van der Waals surface area contributed by atoms with E-state index in [0.717, 1.165) is 18.4 Å². The molecule has 7 nitrogen and oxygen atoms in total. The Balaban J connectivity index is 1.93. The minimum absolute atomic E-state index is 0.224. The average molecular weight is 371 g/mol. The summed E-state index contributed by atoms with van der Waals surface area (Å²) >= 11 is 0. The lowest BCUT2D eigenvalue weighted by Crippen LogP contribution is -2.27. The van der Waals surface area contributed by atoms with Crippen LogP contribution in [0.1, 0.15) is 49.4 Å². The second-order valence-electron chi connectivity index (χ2n) is 6.16. The van der Waals surface area contributed by atoms with E-state index < -0.39 is 12.0 Å². The molecular weight excluding hydrogens is 346 g/mol. The highest BCUT2D eigenvalue weighted by Crippen LogP contribution is 2.24. The largest absolute Gasteiger partial charge is 0.412 e. The predicted octanol–water partition coefficient (Wildman–Crippen LogP) is 3.93. The second kappa shape index (κ2) is 10.9.